The van der Waals surface area contributed by atoms with Crippen molar-refractivity contribution in [3.63, 3.8) is 0 Å². The Kier molecular flexibility index (Phi) is 4.90. The van der Waals surface area contributed by atoms with Crippen LogP contribution in [0, 0.1) is 0 Å². The van der Waals surface area contributed by atoms with Gasteiger partial charge < -0.3 is 5.32 Å². The van der Waals surface area contributed by atoms with Gasteiger partial charge in [-0.1, -0.05) is 31.2 Å². The fourth-order valence-electron chi connectivity index (χ4n) is 2.54. The molecule has 1 heterocycles. The van der Waals surface area contributed by atoms with Crippen LogP contribution in [-0.4, -0.2) is 30.3 Å². The van der Waals surface area contributed by atoms with Gasteiger partial charge in [0.05, 0.1) is 6.04 Å². The zero-order valence-corrected chi connectivity index (χ0v) is 12.2. The van der Waals surface area contributed by atoms with Crippen molar-refractivity contribution in [3.05, 3.63) is 35.4 Å². The summed E-state index contributed by atoms with van der Waals surface area (Å²) in [4.78, 5) is 25.1. The van der Waals surface area contributed by atoms with E-state index in [0.29, 0.717) is 25.8 Å². The molecule has 20 heavy (non-hydrogen) atoms. The Morgan fingerprint density at radius 1 is 1.15 bits per heavy atom. The van der Waals surface area contributed by atoms with Gasteiger partial charge in [0.1, 0.15) is 0 Å². The summed E-state index contributed by atoms with van der Waals surface area (Å²) in [6, 6.07) is 8.32. The summed E-state index contributed by atoms with van der Waals surface area (Å²) in [7, 11) is 1.86. The van der Waals surface area contributed by atoms with Crippen LogP contribution in [0.3, 0.4) is 0 Å². The van der Waals surface area contributed by atoms with Crippen LogP contribution in [0.15, 0.2) is 24.3 Å². The van der Waals surface area contributed by atoms with E-state index >= 15 is 0 Å². The molecule has 0 saturated carbocycles. The van der Waals surface area contributed by atoms with Gasteiger partial charge in [-0.3, -0.25) is 14.5 Å². The lowest BCUT2D eigenvalue weighted by molar-refractivity contribution is -0.148. The van der Waals surface area contributed by atoms with Crippen LogP contribution in [0.25, 0.3) is 0 Å². The van der Waals surface area contributed by atoms with Gasteiger partial charge in [-0.25, -0.2) is 0 Å². The zero-order valence-electron chi connectivity index (χ0n) is 12.2. The molecule has 1 unspecified atom stereocenters. The number of imide groups is 1. The predicted octanol–water partition coefficient (Wildman–Crippen LogP) is 2.05. The maximum atomic E-state index is 11.9. The van der Waals surface area contributed by atoms with E-state index in [0.717, 1.165) is 12.0 Å². The molecular formula is C16H22N2O2. The number of likely N-dealkylation sites (tertiary alicyclic amines) is 1. The van der Waals surface area contributed by atoms with Crippen LogP contribution in [0.4, 0.5) is 0 Å². The Morgan fingerprint density at radius 2 is 1.75 bits per heavy atom. The summed E-state index contributed by atoms with van der Waals surface area (Å²) in [6.07, 6.45) is 2.66. The topological polar surface area (TPSA) is 49.4 Å². The molecule has 0 aromatic heterocycles. The first-order valence-electron chi connectivity index (χ1n) is 7.25. The molecule has 1 aliphatic rings. The van der Waals surface area contributed by atoms with Crippen molar-refractivity contribution in [2.24, 2.45) is 0 Å². The lowest BCUT2D eigenvalue weighted by Crippen LogP contribution is -2.44. The number of nitrogens with zero attached hydrogens (tertiary/aromatic N) is 1. The molecule has 0 radical (unpaired) electrons. The van der Waals surface area contributed by atoms with Crippen molar-refractivity contribution in [3.8, 4) is 0 Å². The standard InChI is InChI=1S/C16H22N2O2/c1-3-12-7-9-13(10-8-12)14(17-2)11-18-15(19)5-4-6-16(18)20/h7-10,14,17H,3-6,11H2,1-2H3. The molecule has 1 aromatic rings. The molecule has 1 saturated heterocycles. The normalized spacial score (nSPS) is 17.4. The first-order chi connectivity index (χ1) is 9.65. The van der Waals surface area contributed by atoms with Crippen LogP contribution in [0.5, 0.6) is 0 Å². The zero-order chi connectivity index (χ0) is 14.5. The predicted molar refractivity (Wildman–Crippen MR) is 78.2 cm³/mol. The highest BCUT2D eigenvalue weighted by molar-refractivity contribution is 5.97. The Labute approximate surface area is 120 Å². The molecule has 2 amide bonds. The average Bonchev–Trinajstić information content (AvgIpc) is 2.47. The van der Waals surface area contributed by atoms with Crippen molar-refractivity contribution in [1.29, 1.82) is 0 Å². The van der Waals surface area contributed by atoms with Gasteiger partial charge in [0.25, 0.3) is 0 Å². The van der Waals surface area contributed by atoms with Crippen molar-refractivity contribution in [1.82, 2.24) is 10.2 Å². The molecule has 0 aliphatic carbocycles. The first kappa shape index (κ1) is 14.7. The van der Waals surface area contributed by atoms with Crippen molar-refractivity contribution >= 4 is 11.8 Å². The average molecular weight is 274 g/mol. The summed E-state index contributed by atoms with van der Waals surface area (Å²) < 4.78 is 0. The van der Waals surface area contributed by atoms with Crippen LogP contribution in [-0.2, 0) is 16.0 Å². The smallest absolute Gasteiger partial charge is 0.229 e. The van der Waals surface area contributed by atoms with Gasteiger partial charge in [0, 0.05) is 19.4 Å². The summed E-state index contributed by atoms with van der Waals surface area (Å²) in [5, 5.41) is 3.20. The van der Waals surface area contributed by atoms with E-state index in [9.17, 15) is 9.59 Å². The lowest BCUT2D eigenvalue weighted by Gasteiger charge is -2.29. The van der Waals surface area contributed by atoms with Crippen LogP contribution in [0.1, 0.15) is 43.4 Å². The van der Waals surface area contributed by atoms with Crippen molar-refractivity contribution < 1.29 is 9.59 Å². The number of nitrogens with one attached hydrogen (secondary N) is 1. The summed E-state index contributed by atoms with van der Waals surface area (Å²) >= 11 is 0. The fraction of sp³-hybridized carbons (Fsp3) is 0.500. The quantitative estimate of drug-likeness (QED) is 0.836. The highest BCUT2D eigenvalue weighted by Crippen LogP contribution is 2.19. The molecule has 4 nitrogen and oxygen atoms in total. The minimum absolute atomic E-state index is 0.00749. The third-order valence-electron chi connectivity index (χ3n) is 3.89. The largest absolute Gasteiger partial charge is 0.312 e. The van der Waals surface area contributed by atoms with Crippen molar-refractivity contribution in [2.75, 3.05) is 13.6 Å². The van der Waals surface area contributed by atoms with E-state index in [4.69, 9.17) is 0 Å². The number of hydrogen-bond donors (Lipinski definition) is 1. The number of likely N-dealkylation sites (N-methyl/N-ethyl adjacent to an activating group) is 1. The Bertz CT molecular complexity index is 466. The number of carbonyl (C=O) groups is 2. The minimum atomic E-state index is -0.0494. The van der Waals surface area contributed by atoms with Gasteiger partial charge in [0.15, 0.2) is 0 Å². The van der Waals surface area contributed by atoms with Crippen LogP contribution < -0.4 is 5.32 Å². The molecule has 1 aromatic carbocycles. The van der Waals surface area contributed by atoms with Gasteiger partial charge in [0.2, 0.25) is 11.8 Å². The van der Waals surface area contributed by atoms with E-state index in [-0.39, 0.29) is 17.9 Å². The number of rotatable bonds is 5. The van der Waals surface area contributed by atoms with E-state index in [1.54, 1.807) is 0 Å². The third-order valence-corrected chi connectivity index (χ3v) is 3.89. The third kappa shape index (κ3) is 3.25. The maximum absolute atomic E-state index is 11.9. The second kappa shape index (κ2) is 6.66. The Balaban J connectivity index is 2.11. The molecule has 1 atom stereocenters. The molecule has 108 valence electrons. The lowest BCUT2D eigenvalue weighted by atomic mass is 10.0. The minimum Gasteiger partial charge on any atom is -0.312 e. The number of amides is 2. The van der Waals surface area contributed by atoms with Gasteiger partial charge in [-0.15, -0.1) is 0 Å². The molecule has 2 rings (SSSR count). The Morgan fingerprint density at radius 3 is 2.25 bits per heavy atom. The molecule has 1 fully saturated rings. The highest BCUT2D eigenvalue weighted by Gasteiger charge is 2.28. The summed E-state index contributed by atoms with van der Waals surface area (Å²) in [6.45, 7) is 2.54. The number of carbonyl (C=O) groups excluding carboxylic acids is 2. The number of hydrogen-bond acceptors (Lipinski definition) is 3. The fourth-order valence-corrected chi connectivity index (χ4v) is 2.54. The number of piperidine rings is 1. The second-order valence-electron chi connectivity index (χ2n) is 5.19. The van der Waals surface area contributed by atoms with E-state index in [1.165, 1.54) is 10.5 Å². The summed E-state index contributed by atoms with van der Waals surface area (Å²) in [5.74, 6) is -0.0987. The number of benzene rings is 1. The molecule has 0 bridgehead atoms. The molecule has 0 spiro atoms. The van der Waals surface area contributed by atoms with Crippen molar-refractivity contribution in [2.45, 2.75) is 38.6 Å². The van der Waals surface area contributed by atoms with E-state index < -0.39 is 0 Å². The summed E-state index contributed by atoms with van der Waals surface area (Å²) in [5.41, 5.74) is 2.39. The molecule has 1 N–H and O–H groups in total. The van der Waals surface area contributed by atoms with Crippen LogP contribution in [0.2, 0.25) is 0 Å². The molecular weight excluding hydrogens is 252 g/mol. The molecule has 4 heteroatoms. The Hall–Kier alpha value is -1.68. The van der Waals surface area contributed by atoms with Gasteiger partial charge in [-0.2, -0.15) is 0 Å². The monoisotopic (exact) mass is 274 g/mol. The number of aryl methyl sites for hydroxylation is 1. The highest BCUT2D eigenvalue weighted by atomic mass is 16.2. The van der Waals surface area contributed by atoms with Crippen LogP contribution >= 0.6 is 0 Å². The first-order valence-corrected chi connectivity index (χ1v) is 7.25. The van der Waals surface area contributed by atoms with Gasteiger partial charge in [-0.05, 0) is 31.0 Å². The SMILES string of the molecule is CCc1ccc(C(CN2C(=O)CCCC2=O)NC)cc1. The second-order valence-corrected chi connectivity index (χ2v) is 5.19. The van der Waals surface area contributed by atoms with Gasteiger partial charge >= 0.3 is 0 Å². The maximum Gasteiger partial charge on any atom is 0.229 e. The van der Waals surface area contributed by atoms with E-state index in [1.807, 2.05) is 7.05 Å². The molecule has 1 aliphatic heterocycles. The van der Waals surface area contributed by atoms with E-state index in [2.05, 4.69) is 36.5 Å².